The fourth-order valence-electron chi connectivity index (χ4n) is 2.30. The fourth-order valence-corrected chi connectivity index (χ4v) is 2.94. The highest BCUT2D eigenvalue weighted by Gasteiger charge is 2.14. The average molecular weight is 346 g/mol. The molecule has 128 valence electrons. The number of rotatable bonds is 6. The number of benzene rings is 1. The van der Waals surface area contributed by atoms with Gasteiger partial charge >= 0.3 is 6.03 Å². The largest absolute Gasteiger partial charge is 0.339 e. The Labute approximate surface area is 145 Å². The molecule has 0 bridgehead atoms. The molecular weight excluding hydrogens is 324 g/mol. The fraction of sp³-hybridized carbons (Fsp3) is 0.353. The first-order chi connectivity index (χ1) is 11.5. The summed E-state index contributed by atoms with van der Waals surface area (Å²) in [5.41, 5.74) is 1.14. The normalized spacial score (nSPS) is 11.6. The quantitative estimate of drug-likeness (QED) is 0.840. The zero-order valence-corrected chi connectivity index (χ0v) is 14.9. The number of hydrogen-bond donors (Lipinski definition) is 2. The van der Waals surface area contributed by atoms with E-state index in [1.807, 2.05) is 26.2 Å². The average Bonchev–Trinajstić information content (AvgIpc) is 3.10. The molecule has 0 aliphatic heterocycles. The molecule has 0 aliphatic rings. The van der Waals surface area contributed by atoms with Crippen molar-refractivity contribution >= 4 is 29.0 Å². The molecule has 0 spiro atoms. The van der Waals surface area contributed by atoms with Crippen molar-refractivity contribution in [2.75, 3.05) is 18.4 Å². The standard InChI is InChI=1S/C17H22N4O2S/c1-4-21(5-2)16(22)13-7-6-8-14(11-13)20-17(23)19-12(3)15-18-9-10-24-15/h6-12H,4-5H2,1-3H3,(H2,19,20,23)/t12-/m0/s1. The van der Waals surface area contributed by atoms with Gasteiger partial charge in [0.05, 0.1) is 6.04 Å². The maximum atomic E-state index is 12.4. The van der Waals surface area contributed by atoms with Crippen molar-refractivity contribution in [3.05, 3.63) is 46.4 Å². The summed E-state index contributed by atoms with van der Waals surface area (Å²) < 4.78 is 0. The van der Waals surface area contributed by atoms with Gasteiger partial charge in [-0.1, -0.05) is 6.07 Å². The molecule has 1 heterocycles. The van der Waals surface area contributed by atoms with Crippen molar-refractivity contribution in [1.82, 2.24) is 15.2 Å². The van der Waals surface area contributed by atoms with Crippen LogP contribution in [0.1, 0.15) is 42.2 Å². The smallest absolute Gasteiger partial charge is 0.319 e. The van der Waals surface area contributed by atoms with Crippen LogP contribution in [0, 0.1) is 0 Å². The molecule has 24 heavy (non-hydrogen) atoms. The molecule has 0 unspecified atom stereocenters. The number of aromatic nitrogens is 1. The molecule has 0 radical (unpaired) electrons. The Morgan fingerprint density at radius 3 is 2.67 bits per heavy atom. The number of anilines is 1. The Hall–Kier alpha value is -2.41. The van der Waals surface area contributed by atoms with Crippen molar-refractivity contribution in [3.63, 3.8) is 0 Å². The van der Waals surface area contributed by atoms with Crippen LogP contribution in [-0.4, -0.2) is 34.9 Å². The van der Waals surface area contributed by atoms with Crippen LogP contribution in [0.25, 0.3) is 0 Å². The third kappa shape index (κ3) is 4.55. The minimum atomic E-state index is -0.329. The number of carbonyl (C=O) groups is 2. The van der Waals surface area contributed by atoms with Gasteiger partial charge < -0.3 is 15.5 Å². The Morgan fingerprint density at radius 2 is 2.04 bits per heavy atom. The molecule has 7 heteroatoms. The summed E-state index contributed by atoms with van der Waals surface area (Å²) in [7, 11) is 0. The number of hydrogen-bond acceptors (Lipinski definition) is 4. The molecule has 2 aromatic rings. The van der Waals surface area contributed by atoms with Crippen LogP contribution >= 0.6 is 11.3 Å². The predicted molar refractivity (Wildman–Crippen MR) is 96.4 cm³/mol. The Morgan fingerprint density at radius 1 is 1.29 bits per heavy atom. The lowest BCUT2D eigenvalue weighted by molar-refractivity contribution is 0.0773. The van der Waals surface area contributed by atoms with Crippen LogP contribution in [0.15, 0.2) is 35.8 Å². The minimum Gasteiger partial charge on any atom is -0.339 e. The molecule has 2 rings (SSSR count). The van der Waals surface area contributed by atoms with Crippen LogP contribution in [-0.2, 0) is 0 Å². The first kappa shape index (κ1) is 17.9. The van der Waals surface area contributed by atoms with Crippen LogP contribution in [0.2, 0.25) is 0 Å². The molecule has 0 fully saturated rings. The van der Waals surface area contributed by atoms with E-state index in [1.165, 1.54) is 11.3 Å². The third-order valence-electron chi connectivity index (χ3n) is 3.59. The molecule has 0 aliphatic carbocycles. The number of urea groups is 1. The lowest BCUT2D eigenvalue weighted by Gasteiger charge is -2.19. The summed E-state index contributed by atoms with van der Waals surface area (Å²) in [5, 5.41) is 8.30. The van der Waals surface area contributed by atoms with E-state index in [4.69, 9.17) is 0 Å². The lowest BCUT2D eigenvalue weighted by atomic mass is 10.1. The van der Waals surface area contributed by atoms with Gasteiger partial charge in [-0.3, -0.25) is 4.79 Å². The summed E-state index contributed by atoms with van der Waals surface area (Å²) in [4.78, 5) is 30.4. The number of nitrogens with zero attached hydrogens (tertiary/aromatic N) is 2. The zero-order chi connectivity index (χ0) is 17.5. The van der Waals surface area contributed by atoms with E-state index in [0.717, 1.165) is 5.01 Å². The summed E-state index contributed by atoms with van der Waals surface area (Å²) in [6.45, 7) is 7.06. The summed E-state index contributed by atoms with van der Waals surface area (Å²) in [6.07, 6.45) is 1.71. The van der Waals surface area contributed by atoms with Gasteiger partial charge in [-0.2, -0.15) is 0 Å². The molecule has 1 aromatic heterocycles. The summed E-state index contributed by atoms with van der Waals surface area (Å²) in [5.74, 6) is -0.0415. The first-order valence-corrected chi connectivity index (χ1v) is 8.79. The van der Waals surface area contributed by atoms with Gasteiger partial charge in [0.15, 0.2) is 0 Å². The highest BCUT2D eigenvalue weighted by molar-refractivity contribution is 7.09. The van der Waals surface area contributed by atoms with Gasteiger partial charge in [0, 0.05) is 35.9 Å². The second kappa shape index (κ2) is 8.44. The van der Waals surface area contributed by atoms with E-state index in [-0.39, 0.29) is 18.0 Å². The van der Waals surface area contributed by atoms with Crippen molar-refractivity contribution in [3.8, 4) is 0 Å². The molecule has 1 aromatic carbocycles. The Bertz CT molecular complexity index is 684. The number of amides is 3. The Kier molecular flexibility index (Phi) is 6.31. The lowest BCUT2D eigenvalue weighted by Crippen LogP contribution is -2.32. The van der Waals surface area contributed by atoms with Crippen molar-refractivity contribution < 1.29 is 9.59 Å². The van der Waals surface area contributed by atoms with Gasteiger partial charge in [-0.05, 0) is 39.0 Å². The third-order valence-corrected chi connectivity index (χ3v) is 4.55. The van der Waals surface area contributed by atoms with Crippen LogP contribution < -0.4 is 10.6 Å². The molecule has 2 N–H and O–H groups in total. The molecule has 0 saturated carbocycles. The highest BCUT2D eigenvalue weighted by atomic mass is 32.1. The van der Waals surface area contributed by atoms with E-state index in [0.29, 0.717) is 24.3 Å². The second-order valence-corrected chi connectivity index (χ2v) is 6.17. The number of carbonyl (C=O) groups excluding carboxylic acids is 2. The molecule has 6 nitrogen and oxygen atoms in total. The minimum absolute atomic E-state index is 0.0415. The van der Waals surface area contributed by atoms with Gasteiger partial charge in [-0.15, -0.1) is 11.3 Å². The maximum Gasteiger partial charge on any atom is 0.319 e. The van der Waals surface area contributed by atoms with E-state index < -0.39 is 0 Å². The number of thiazole rings is 1. The monoisotopic (exact) mass is 346 g/mol. The second-order valence-electron chi connectivity index (χ2n) is 5.25. The summed E-state index contributed by atoms with van der Waals surface area (Å²) >= 11 is 1.49. The molecule has 3 amide bonds. The highest BCUT2D eigenvalue weighted by Crippen LogP contribution is 2.16. The SMILES string of the molecule is CCN(CC)C(=O)c1cccc(NC(=O)N[C@@H](C)c2nccs2)c1. The van der Waals surface area contributed by atoms with Gasteiger partial charge in [-0.25, -0.2) is 9.78 Å². The number of nitrogens with one attached hydrogen (secondary N) is 2. The summed E-state index contributed by atoms with van der Waals surface area (Å²) in [6, 6.07) is 6.45. The molecular formula is C17H22N4O2S. The van der Waals surface area contributed by atoms with Crippen molar-refractivity contribution in [2.45, 2.75) is 26.8 Å². The molecule has 0 saturated heterocycles. The van der Waals surface area contributed by atoms with Gasteiger partial charge in [0.2, 0.25) is 0 Å². The Balaban J connectivity index is 2.01. The van der Waals surface area contributed by atoms with Crippen LogP contribution in [0.5, 0.6) is 0 Å². The van der Waals surface area contributed by atoms with Crippen molar-refractivity contribution in [1.29, 1.82) is 0 Å². The zero-order valence-electron chi connectivity index (χ0n) is 14.1. The van der Waals surface area contributed by atoms with Crippen LogP contribution in [0.4, 0.5) is 10.5 Å². The van der Waals surface area contributed by atoms with Crippen molar-refractivity contribution in [2.24, 2.45) is 0 Å². The van der Waals surface area contributed by atoms with E-state index in [2.05, 4.69) is 15.6 Å². The van der Waals surface area contributed by atoms with E-state index >= 15 is 0 Å². The topological polar surface area (TPSA) is 74.3 Å². The van der Waals surface area contributed by atoms with Gasteiger partial charge in [0.1, 0.15) is 5.01 Å². The van der Waals surface area contributed by atoms with Crippen LogP contribution in [0.3, 0.4) is 0 Å². The maximum absolute atomic E-state index is 12.4. The van der Waals surface area contributed by atoms with Gasteiger partial charge in [0.25, 0.3) is 5.91 Å². The van der Waals surface area contributed by atoms with E-state index in [1.54, 1.807) is 35.4 Å². The first-order valence-electron chi connectivity index (χ1n) is 7.91. The molecule has 1 atom stereocenters. The van der Waals surface area contributed by atoms with E-state index in [9.17, 15) is 9.59 Å². The predicted octanol–water partition coefficient (Wildman–Crippen LogP) is 3.51.